The zero-order valence-corrected chi connectivity index (χ0v) is 16.8. The summed E-state index contributed by atoms with van der Waals surface area (Å²) in [5, 5.41) is 0. The van der Waals surface area contributed by atoms with E-state index in [1.807, 2.05) is 31.2 Å². The number of para-hydroxylation sites is 2. The summed E-state index contributed by atoms with van der Waals surface area (Å²) in [4.78, 5) is 19.0. The summed E-state index contributed by atoms with van der Waals surface area (Å²) in [5.74, 6) is 0.642. The van der Waals surface area contributed by atoms with Crippen LogP contribution in [0, 0.1) is 5.82 Å². The van der Waals surface area contributed by atoms with Gasteiger partial charge in [0.15, 0.2) is 0 Å². The van der Waals surface area contributed by atoms with Gasteiger partial charge in [-0.3, -0.25) is 9.69 Å². The molecule has 2 aromatic carbocycles. The van der Waals surface area contributed by atoms with Gasteiger partial charge >= 0.3 is 0 Å². The number of likely N-dealkylation sites (N-methyl/N-ethyl adjacent to an activating group) is 1. The van der Waals surface area contributed by atoms with Crippen molar-refractivity contribution in [2.24, 2.45) is 0 Å². The molecule has 0 radical (unpaired) electrons. The molecular formula is C22H28FN3O2. The van der Waals surface area contributed by atoms with Gasteiger partial charge in [0.1, 0.15) is 11.6 Å². The molecule has 1 fully saturated rings. The van der Waals surface area contributed by atoms with Crippen LogP contribution < -0.4 is 9.64 Å². The fourth-order valence-electron chi connectivity index (χ4n) is 3.70. The lowest BCUT2D eigenvalue weighted by Crippen LogP contribution is -2.54. The molecule has 2 aromatic rings. The van der Waals surface area contributed by atoms with Crippen molar-refractivity contribution in [3.8, 4) is 5.75 Å². The number of rotatable bonds is 6. The molecule has 28 heavy (non-hydrogen) atoms. The van der Waals surface area contributed by atoms with Crippen molar-refractivity contribution in [2.45, 2.75) is 19.5 Å². The van der Waals surface area contributed by atoms with Crippen molar-refractivity contribution < 1.29 is 13.9 Å². The van der Waals surface area contributed by atoms with E-state index >= 15 is 0 Å². The monoisotopic (exact) mass is 385 g/mol. The molecule has 0 spiro atoms. The zero-order valence-electron chi connectivity index (χ0n) is 16.8. The van der Waals surface area contributed by atoms with Gasteiger partial charge in [0.05, 0.1) is 18.8 Å². The number of piperazine rings is 1. The second-order valence-corrected chi connectivity index (χ2v) is 7.20. The first kappa shape index (κ1) is 20.1. The number of carbonyl (C=O) groups excluding carboxylic acids is 1. The highest BCUT2D eigenvalue weighted by atomic mass is 19.1. The van der Waals surface area contributed by atoms with Gasteiger partial charge in [-0.15, -0.1) is 0 Å². The molecule has 150 valence electrons. The van der Waals surface area contributed by atoms with E-state index in [2.05, 4.69) is 15.9 Å². The summed E-state index contributed by atoms with van der Waals surface area (Å²) < 4.78 is 18.8. The van der Waals surface area contributed by atoms with E-state index < -0.39 is 0 Å². The van der Waals surface area contributed by atoms with Gasteiger partial charge < -0.3 is 14.5 Å². The Kier molecular flexibility index (Phi) is 6.52. The summed E-state index contributed by atoms with van der Waals surface area (Å²) in [5.41, 5.74) is 1.89. The third-order valence-electron chi connectivity index (χ3n) is 5.33. The van der Waals surface area contributed by atoms with Crippen LogP contribution in [0.4, 0.5) is 10.1 Å². The van der Waals surface area contributed by atoms with Gasteiger partial charge in [-0.25, -0.2) is 4.39 Å². The zero-order chi connectivity index (χ0) is 20.1. The molecule has 1 aliphatic rings. The maximum Gasteiger partial charge on any atom is 0.239 e. The quantitative estimate of drug-likeness (QED) is 0.766. The van der Waals surface area contributed by atoms with Gasteiger partial charge in [-0.1, -0.05) is 24.3 Å². The topological polar surface area (TPSA) is 36.0 Å². The van der Waals surface area contributed by atoms with Gasteiger partial charge in [0, 0.05) is 39.8 Å². The van der Waals surface area contributed by atoms with Gasteiger partial charge in [-0.2, -0.15) is 0 Å². The fraction of sp³-hybridized carbons (Fsp3) is 0.409. The lowest BCUT2D eigenvalue weighted by atomic mass is 10.1. The highest BCUT2D eigenvalue weighted by Crippen LogP contribution is 2.28. The first-order valence-corrected chi connectivity index (χ1v) is 9.61. The summed E-state index contributed by atoms with van der Waals surface area (Å²) in [6, 6.07) is 14.2. The van der Waals surface area contributed by atoms with E-state index in [0.29, 0.717) is 6.54 Å². The lowest BCUT2D eigenvalue weighted by molar-refractivity contribution is -0.135. The Hall–Kier alpha value is -2.60. The predicted octanol–water partition coefficient (Wildman–Crippen LogP) is 3.00. The Labute approximate surface area is 166 Å². The van der Waals surface area contributed by atoms with E-state index in [-0.39, 0.29) is 17.8 Å². The second-order valence-electron chi connectivity index (χ2n) is 7.20. The van der Waals surface area contributed by atoms with Crippen molar-refractivity contribution in [1.29, 1.82) is 0 Å². The number of ether oxygens (including phenoxy) is 1. The molecule has 1 aliphatic heterocycles. The number of anilines is 1. The Balaban J connectivity index is 1.56. The number of halogens is 1. The molecule has 0 aliphatic carbocycles. The minimum absolute atomic E-state index is 0.0509. The molecule has 1 saturated heterocycles. The normalized spacial score (nSPS) is 15.9. The van der Waals surface area contributed by atoms with Crippen LogP contribution in [0.5, 0.6) is 5.75 Å². The molecule has 0 saturated carbocycles. The predicted molar refractivity (Wildman–Crippen MR) is 109 cm³/mol. The average molecular weight is 385 g/mol. The summed E-state index contributed by atoms with van der Waals surface area (Å²) in [7, 11) is 3.46. The van der Waals surface area contributed by atoms with E-state index in [4.69, 9.17) is 4.74 Å². The molecule has 0 bridgehead atoms. The van der Waals surface area contributed by atoms with E-state index in [1.54, 1.807) is 25.1 Å². The molecule has 0 unspecified atom stereocenters. The summed E-state index contributed by atoms with van der Waals surface area (Å²) >= 11 is 0. The van der Waals surface area contributed by atoms with Gasteiger partial charge in [0.25, 0.3) is 0 Å². The number of hydrogen-bond donors (Lipinski definition) is 0. The minimum Gasteiger partial charge on any atom is -0.495 e. The summed E-state index contributed by atoms with van der Waals surface area (Å²) in [6.45, 7) is 5.64. The first-order chi connectivity index (χ1) is 13.5. The first-order valence-electron chi connectivity index (χ1n) is 9.61. The van der Waals surface area contributed by atoms with Crippen LogP contribution in [0.25, 0.3) is 0 Å². The molecule has 0 aromatic heterocycles. The van der Waals surface area contributed by atoms with Crippen molar-refractivity contribution in [3.05, 3.63) is 59.9 Å². The van der Waals surface area contributed by atoms with Crippen molar-refractivity contribution in [1.82, 2.24) is 9.80 Å². The minimum atomic E-state index is -0.279. The highest BCUT2D eigenvalue weighted by molar-refractivity contribution is 5.81. The number of carbonyl (C=O) groups is 1. The lowest BCUT2D eigenvalue weighted by Gasteiger charge is -2.39. The summed E-state index contributed by atoms with van der Waals surface area (Å²) in [6.07, 6.45) is 0. The number of nitrogens with zero attached hydrogens (tertiary/aromatic N) is 3. The van der Waals surface area contributed by atoms with E-state index in [0.717, 1.165) is 43.2 Å². The van der Waals surface area contributed by atoms with Crippen LogP contribution in [0.3, 0.4) is 0 Å². The third kappa shape index (κ3) is 4.62. The number of benzene rings is 2. The van der Waals surface area contributed by atoms with E-state index in [1.165, 1.54) is 12.1 Å². The van der Waals surface area contributed by atoms with Crippen molar-refractivity contribution in [2.75, 3.05) is 45.2 Å². The number of amides is 1. The van der Waals surface area contributed by atoms with Crippen LogP contribution in [0.15, 0.2) is 48.5 Å². The number of hydrogen-bond acceptors (Lipinski definition) is 4. The van der Waals surface area contributed by atoms with Crippen LogP contribution in [0.1, 0.15) is 12.5 Å². The molecule has 1 atom stereocenters. The molecule has 0 N–H and O–H groups in total. The molecular weight excluding hydrogens is 357 g/mol. The third-order valence-corrected chi connectivity index (χ3v) is 5.33. The average Bonchev–Trinajstić information content (AvgIpc) is 2.72. The van der Waals surface area contributed by atoms with Gasteiger partial charge in [-0.05, 0) is 36.8 Å². The number of methoxy groups -OCH3 is 1. The SMILES string of the molecule is COc1ccccc1N1CCN([C@@H](C)C(=O)N(C)Cc2cccc(F)c2)CC1. The Morgan fingerprint density at radius 3 is 2.54 bits per heavy atom. The van der Waals surface area contributed by atoms with Crippen LogP contribution in [-0.2, 0) is 11.3 Å². The maximum absolute atomic E-state index is 13.4. The maximum atomic E-state index is 13.4. The Bertz CT molecular complexity index is 806. The Morgan fingerprint density at radius 2 is 1.86 bits per heavy atom. The largest absolute Gasteiger partial charge is 0.495 e. The van der Waals surface area contributed by atoms with Crippen molar-refractivity contribution in [3.63, 3.8) is 0 Å². The van der Waals surface area contributed by atoms with Gasteiger partial charge in [0.2, 0.25) is 5.91 Å². The molecule has 6 heteroatoms. The second kappa shape index (κ2) is 9.06. The molecule has 5 nitrogen and oxygen atoms in total. The van der Waals surface area contributed by atoms with Crippen LogP contribution in [0.2, 0.25) is 0 Å². The standard InChI is InChI=1S/C22H28FN3O2/c1-17(22(27)24(2)16-18-7-6-8-19(23)15-18)25-11-13-26(14-12-25)20-9-4-5-10-21(20)28-3/h4-10,15,17H,11-14,16H2,1-3H3/t17-/m0/s1. The smallest absolute Gasteiger partial charge is 0.239 e. The van der Waals surface area contributed by atoms with E-state index in [9.17, 15) is 9.18 Å². The van der Waals surface area contributed by atoms with Crippen LogP contribution in [-0.4, -0.2) is 62.1 Å². The van der Waals surface area contributed by atoms with Crippen LogP contribution >= 0.6 is 0 Å². The Morgan fingerprint density at radius 1 is 1.14 bits per heavy atom. The molecule has 1 heterocycles. The highest BCUT2D eigenvalue weighted by Gasteiger charge is 2.28. The molecule has 3 rings (SSSR count). The fourth-order valence-corrected chi connectivity index (χ4v) is 3.70. The van der Waals surface area contributed by atoms with Crippen molar-refractivity contribution >= 4 is 11.6 Å². The molecule has 1 amide bonds.